The number of rotatable bonds is 2. The highest BCUT2D eigenvalue weighted by molar-refractivity contribution is 6.27. The smallest absolute Gasteiger partial charge is 0.410 e. The summed E-state index contributed by atoms with van der Waals surface area (Å²) in [6.07, 6.45) is 1.29. The molecular formula is C12H20ClNO3. The summed E-state index contributed by atoms with van der Waals surface area (Å²) < 4.78 is 5.28. The van der Waals surface area contributed by atoms with E-state index in [-0.39, 0.29) is 23.7 Å². The summed E-state index contributed by atoms with van der Waals surface area (Å²) in [4.78, 5) is 24.9. The Morgan fingerprint density at radius 3 is 2.59 bits per heavy atom. The first-order valence-corrected chi connectivity index (χ1v) is 6.43. The van der Waals surface area contributed by atoms with Crippen molar-refractivity contribution in [3.8, 4) is 0 Å². The van der Waals surface area contributed by atoms with Gasteiger partial charge in [0.25, 0.3) is 0 Å². The summed E-state index contributed by atoms with van der Waals surface area (Å²) in [5.41, 5.74) is -0.499. The number of hydrogen-bond acceptors (Lipinski definition) is 3. The molecule has 1 atom stereocenters. The first-order chi connectivity index (χ1) is 7.83. The largest absolute Gasteiger partial charge is 0.444 e. The van der Waals surface area contributed by atoms with Crippen LogP contribution >= 0.6 is 11.6 Å². The summed E-state index contributed by atoms with van der Waals surface area (Å²) in [6, 6.07) is 0. The number of ether oxygens (including phenoxy) is 1. The van der Waals surface area contributed by atoms with Gasteiger partial charge in [0.2, 0.25) is 0 Å². The first kappa shape index (κ1) is 14.3. The van der Waals surface area contributed by atoms with Crippen LogP contribution in [0.4, 0.5) is 4.79 Å². The van der Waals surface area contributed by atoms with E-state index >= 15 is 0 Å². The van der Waals surface area contributed by atoms with Crippen molar-refractivity contribution in [1.29, 1.82) is 0 Å². The highest BCUT2D eigenvalue weighted by atomic mass is 35.5. The zero-order valence-electron chi connectivity index (χ0n) is 10.7. The molecule has 1 saturated heterocycles. The molecular weight excluding hydrogens is 242 g/mol. The number of Topliss-reactive ketones (excluding diaryl/α,β-unsaturated/α-hetero) is 1. The molecule has 1 amide bonds. The lowest BCUT2D eigenvalue weighted by Gasteiger charge is -2.33. The molecule has 0 aromatic rings. The Morgan fingerprint density at radius 1 is 1.41 bits per heavy atom. The van der Waals surface area contributed by atoms with Crippen molar-refractivity contribution < 1.29 is 14.3 Å². The lowest BCUT2D eigenvalue weighted by atomic mass is 9.95. The molecule has 0 saturated carbocycles. The number of ketones is 1. The van der Waals surface area contributed by atoms with Crippen LogP contribution in [-0.2, 0) is 9.53 Å². The molecule has 0 aromatic carbocycles. The second-order valence-electron chi connectivity index (χ2n) is 5.37. The highest BCUT2D eigenvalue weighted by Crippen LogP contribution is 2.20. The number of carbonyl (C=O) groups excluding carboxylic acids is 2. The minimum Gasteiger partial charge on any atom is -0.444 e. The summed E-state index contributed by atoms with van der Waals surface area (Å²) in [5, 5.41) is 0. The molecule has 1 aliphatic heterocycles. The number of halogens is 1. The zero-order chi connectivity index (χ0) is 13.1. The van der Waals surface area contributed by atoms with Gasteiger partial charge >= 0.3 is 6.09 Å². The fourth-order valence-electron chi connectivity index (χ4n) is 1.84. The van der Waals surface area contributed by atoms with Gasteiger partial charge in [-0.05, 0) is 33.6 Å². The maximum absolute atomic E-state index is 11.8. The summed E-state index contributed by atoms with van der Waals surface area (Å²) in [7, 11) is 0. The minimum absolute atomic E-state index is 0.0138. The summed E-state index contributed by atoms with van der Waals surface area (Å²) in [5.74, 6) is -0.0963. The molecule has 0 spiro atoms. The lowest BCUT2D eigenvalue weighted by molar-refractivity contribution is -0.121. The van der Waals surface area contributed by atoms with Crippen molar-refractivity contribution in [2.75, 3.05) is 19.0 Å². The molecule has 0 aromatic heterocycles. The molecule has 98 valence electrons. The van der Waals surface area contributed by atoms with Crippen LogP contribution in [0.15, 0.2) is 0 Å². The van der Waals surface area contributed by atoms with E-state index in [2.05, 4.69) is 0 Å². The Labute approximate surface area is 107 Å². The van der Waals surface area contributed by atoms with E-state index in [4.69, 9.17) is 16.3 Å². The predicted molar refractivity (Wildman–Crippen MR) is 66.3 cm³/mol. The van der Waals surface area contributed by atoms with Crippen molar-refractivity contribution in [2.45, 2.75) is 39.2 Å². The van der Waals surface area contributed by atoms with Crippen molar-refractivity contribution in [3.63, 3.8) is 0 Å². The van der Waals surface area contributed by atoms with E-state index in [0.717, 1.165) is 12.8 Å². The van der Waals surface area contributed by atoms with Crippen molar-refractivity contribution in [2.24, 2.45) is 5.92 Å². The van der Waals surface area contributed by atoms with E-state index in [1.807, 2.05) is 20.8 Å². The van der Waals surface area contributed by atoms with Crippen molar-refractivity contribution in [3.05, 3.63) is 0 Å². The van der Waals surface area contributed by atoms with Gasteiger partial charge in [0.15, 0.2) is 5.78 Å². The van der Waals surface area contributed by atoms with E-state index in [9.17, 15) is 9.59 Å². The molecule has 0 unspecified atom stereocenters. The molecule has 5 heteroatoms. The third-order valence-corrected chi connectivity index (χ3v) is 2.92. The van der Waals surface area contributed by atoms with Crippen LogP contribution in [0.5, 0.6) is 0 Å². The second-order valence-corrected chi connectivity index (χ2v) is 5.63. The number of carbonyl (C=O) groups is 2. The number of nitrogens with zero attached hydrogens (tertiary/aromatic N) is 1. The molecule has 1 fully saturated rings. The van der Waals surface area contributed by atoms with Gasteiger partial charge in [-0.25, -0.2) is 4.79 Å². The van der Waals surface area contributed by atoms with Crippen LogP contribution < -0.4 is 0 Å². The van der Waals surface area contributed by atoms with E-state index in [1.165, 1.54) is 0 Å². The van der Waals surface area contributed by atoms with E-state index in [1.54, 1.807) is 4.90 Å². The standard InChI is InChI=1S/C12H20ClNO3/c1-12(2,3)17-11(16)14-6-4-5-9(8-14)10(15)7-13/h9H,4-8H2,1-3H3/t9-/m0/s1. The SMILES string of the molecule is CC(C)(C)OC(=O)N1CCC[C@H](C(=O)CCl)C1. The van der Waals surface area contributed by atoms with Crippen LogP contribution in [0.2, 0.25) is 0 Å². The van der Waals surface area contributed by atoms with Crippen LogP contribution in [-0.4, -0.2) is 41.3 Å². The van der Waals surface area contributed by atoms with E-state index in [0.29, 0.717) is 13.1 Å². The average Bonchev–Trinajstić information content (AvgIpc) is 2.26. The van der Waals surface area contributed by atoms with Crippen LogP contribution in [0.3, 0.4) is 0 Å². The quantitative estimate of drug-likeness (QED) is 0.718. The van der Waals surface area contributed by atoms with Gasteiger partial charge in [0, 0.05) is 19.0 Å². The molecule has 0 N–H and O–H groups in total. The molecule has 17 heavy (non-hydrogen) atoms. The minimum atomic E-state index is -0.499. The summed E-state index contributed by atoms with van der Waals surface area (Å²) in [6.45, 7) is 6.57. The number of alkyl halides is 1. The maximum atomic E-state index is 11.8. The third kappa shape index (κ3) is 4.54. The van der Waals surface area contributed by atoms with Gasteiger partial charge in [0.05, 0.1) is 5.88 Å². The Balaban J connectivity index is 2.55. The number of amides is 1. The van der Waals surface area contributed by atoms with Gasteiger partial charge in [-0.2, -0.15) is 0 Å². The second kappa shape index (κ2) is 5.71. The molecule has 4 nitrogen and oxygen atoms in total. The normalized spacial score (nSPS) is 21.2. The third-order valence-electron chi connectivity index (χ3n) is 2.66. The fourth-order valence-corrected chi connectivity index (χ4v) is 2.06. The Bertz CT molecular complexity index is 299. The zero-order valence-corrected chi connectivity index (χ0v) is 11.4. The fraction of sp³-hybridized carbons (Fsp3) is 0.833. The average molecular weight is 262 g/mol. The molecule has 0 aliphatic carbocycles. The van der Waals surface area contributed by atoms with E-state index < -0.39 is 5.60 Å². The monoisotopic (exact) mass is 261 g/mol. The summed E-state index contributed by atoms with van der Waals surface area (Å²) >= 11 is 5.53. The van der Waals surface area contributed by atoms with Gasteiger partial charge < -0.3 is 9.64 Å². The Morgan fingerprint density at radius 2 is 2.06 bits per heavy atom. The molecule has 1 heterocycles. The lowest BCUT2D eigenvalue weighted by Crippen LogP contribution is -2.44. The maximum Gasteiger partial charge on any atom is 0.410 e. The van der Waals surface area contributed by atoms with Crippen LogP contribution in [0.1, 0.15) is 33.6 Å². The van der Waals surface area contributed by atoms with Crippen LogP contribution in [0, 0.1) is 5.92 Å². The van der Waals surface area contributed by atoms with Crippen LogP contribution in [0.25, 0.3) is 0 Å². The molecule has 1 aliphatic rings. The first-order valence-electron chi connectivity index (χ1n) is 5.90. The van der Waals surface area contributed by atoms with Gasteiger partial charge in [-0.1, -0.05) is 0 Å². The van der Waals surface area contributed by atoms with Gasteiger partial charge in [-0.15, -0.1) is 11.6 Å². The molecule has 0 bridgehead atoms. The van der Waals surface area contributed by atoms with Gasteiger partial charge in [0.1, 0.15) is 5.60 Å². The van der Waals surface area contributed by atoms with Crippen molar-refractivity contribution >= 4 is 23.5 Å². The number of likely N-dealkylation sites (tertiary alicyclic amines) is 1. The van der Waals surface area contributed by atoms with Crippen molar-refractivity contribution in [1.82, 2.24) is 4.90 Å². The molecule has 0 radical (unpaired) electrons. The number of hydrogen-bond donors (Lipinski definition) is 0. The highest BCUT2D eigenvalue weighted by Gasteiger charge is 2.30. The molecule has 1 rings (SSSR count). The van der Waals surface area contributed by atoms with Gasteiger partial charge in [-0.3, -0.25) is 4.79 Å². The number of piperidine rings is 1. The predicted octanol–water partition coefficient (Wildman–Crippen LogP) is 2.44. The topological polar surface area (TPSA) is 46.6 Å². The Kier molecular flexibility index (Phi) is 4.80. The Hall–Kier alpha value is -0.770.